The zero-order valence-electron chi connectivity index (χ0n) is 22.0. The van der Waals surface area contributed by atoms with E-state index in [1.807, 2.05) is 121 Å². The van der Waals surface area contributed by atoms with Crippen molar-refractivity contribution in [2.24, 2.45) is 0 Å². The first kappa shape index (κ1) is 25.6. The number of piperazine rings is 1. The molecule has 2 amide bonds. The molecular weight excluding hydrogens is 500 g/mol. The topological polar surface area (TPSA) is 77.9 Å². The zero-order valence-corrected chi connectivity index (χ0v) is 22.0. The molecule has 2 aliphatic heterocycles. The highest BCUT2D eigenvalue weighted by Gasteiger charge is 2.63. The molecule has 2 fully saturated rings. The predicted molar refractivity (Wildman–Crippen MR) is 152 cm³/mol. The second-order valence-corrected chi connectivity index (χ2v) is 10.6. The summed E-state index contributed by atoms with van der Waals surface area (Å²) in [6.45, 7) is 0.146. The highest BCUT2D eigenvalue weighted by molar-refractivity contribution is 5.96. The molecule has 2 bridgehead atoms. The van der Waals surface area contributed by atoms with Crippen LogP contribution in [0.25, 0.3) is 0 Å². The lowest BCUT2D eigenvalue weighted by molar-refractivity contribution is -0.160. The number of likely N-dealkylation sites (tertiary alicyclic amines) is 2. The molecule has 4 aromatic carbocycles. The van der Waals surface area contributed by atoms with E-state index in [9.17, 15) is 19.5 Å². The largest absolute Gasteiger partial charge is 0.479 e. The van der Waals surface area contributed by atoms with Gasteiger partial charge in [0.05, 0.1) is 24.4 Å². The van der Waals surface area contributed by atoms with E-state index in [4.69, 9.17) is 0 Å². The van der Waals surface area contributed by atoms with Gasteiger partial charge < -0.3 is 14.9 Å². The van der Waals surface area contributed by atoms with Crippen molar-refractivity contribution in [2.75, 3.05) is 13.1 Å². The van der Waals surface area contributed by atoms with Crippen LogP contribution in [-0.2, 0) is 14.4 Å². The second kappa shape index (κ2) is 10.5. The van der Waals surface area contributed by atoms with Gasteiger partial charge in [0.25, 0.3) is 0 Å². The van der Waals surface area contributed by atoms with Crippen LogP contribution in [-0.4, -0.2) is 57.4 Å². The molecule has 2 heterocycles. The zero-order chi connectivity index (χ0) is 27.7. The Morgan fingerprint density at radius 2 is 1.00 bits per heavy atom. The average molecular weight is 531 g/mol. The molecule has 0 spiro atoms. The maximum Gasteiger partial charge on any atom is 0.331 e. The van der Waals surface area contributed by atoms with Gasteiger partial charge in [-0.15, -0.1) is 0 Å². The summed E-state index contributed by atoms with van der Waals surface area (Å²) in [6, 6.07) is 37.7. The molecule has 6 nitrogen and oxygen atoms in total. The quantitative estimate of drug-likeness (QED) is 0.368. The van der Waals surface area contributed by atoms with E-state index in [-0.39, 0.29) is 37.4 Å². The lowest BCUT2D eigenvalue weighted by atomic mass is 9.87. The molecule has 0 radical (unpaired) electrons. The number of carboxylic acids is 1. The standard InChI is InChI=1S/C34H30N2O4/c37-31(29(24-13-5-1-6-14-24)25-15-7-2-8-16-25)35-23-34(33(39)40)21-28(35)22-36(34)32(38)30(26-17-9-3-10-18-26)27-19-11-4-12-20-27/h1-20,28-30H,21-23H2,(H,39,40)/t28-,34+/m0/s1. The number of amides is 2. The molecular formula is C34H30N2O4. The first-order valence-corrected chi connectivity index (χ1v) is 13.5. The summed E-state index contributed by atoms with van der Waals surface area (Å²) in [5.74, 6) is -2.66. The van der Waals surface area contributed by atoms with E-state index in [1.54, 1.807) is 4.90 Å². The molecule has 200 valence electrons. The van der Waals surface area contributed by atoms with E-state index in [1.165, 1.54) is 4.90 Å². The molecule has 40 heavy (non-hydrogen) atoms. The number of carboxylic acid groups (broad SMARTS) is 1. The third-order valence-corrected chi connectivity index (χ3v) is 8.33. The SMILES string of the molecule is O=C(C(c1ccccc1)c1ccccc1)N1C[C@@]2(C(=O)O)C[C@H]1CN2C(=O)C(c1ccccc1)c1ccccc1. The molecule has 6 heteroatoms. The van der Waals surface area contributed by atoms with Crippen molar-refractivity contribution >= 4 is 17.8 Å². The molecule has 1 N–H and O–H groups in total. The Morgan fingerprint density at radius 1 is 0.625 bits per heavy atom. The third-order valence-electron chi connectivity index (χ3n) is 8.33. The normalized spacial score (nSPS) is 19.8. The number of nitrogens with zero attached hydrogens (tertiary/aromatic N) is 2. The van der Waals surface area contributed by atoms with Gasteiger partial charge >= 0.3 is 5.97 Å². The highest BCUT2D eigenvalue weighted by atomic mass is 16.4. The van der Waals surface area contributed by atoms with Gasteiger partial charge in [-0.3, -0.25) is 9.59 Å². The van der Waals surface area contributed by atoms with Gasteiger partial charge in [0, 0.05) is 13.0 Å². The molecule has 6 rings (SSSR count). The van der Waals surface area contributed by atoms with Gasteiger partial charge in [0.2, 0.25) is 11.8 Å². The summed E-state index contributed by atoms with van der Waals surface area (Å²) >= 11 is 0. The fourth-order valence-corrected chi connectivity index (χ4v) is 6.41. The van der Waals surface area contributed by atoms with Crippen molar-refractivity contribution in [3.63, 3.8) is 0 Å². The summed E-state index contributed by atoms with van der Waals surface area (Å²) in [4.78, 5) is 44.6. The number of carbonyl (C=O) groups is 3. The van der Waals surface area contributed by atoms with Crippen LogP contribution in [0, 0.1) is 0 Å². The van der Waals surface area contributed by atoms with Crippen molar-refractivity contribution < 1.29 is 19.5 Å². The first-order valence-electron chi connectivity index (χ1n) is 13.5. The van der Waals surface area contributed by atoms with Crippen molar-refractivity contribution in [1.82, 2.24) is 9.80 Å². The number of fused-ring (bicyclic) bond motifs is 2. The van der Waals surface area contributed by atoms with Crippen LogP contribution in [0.5, 0.6) is 0 Å². The fraction of sp³-hybridized carbons (Fsp3) is 0.206. The van der Waals surface area contributed by atoms with Gasteiger partial charge in [0.1, 0.15) is 0 Å². The van der Waals surface area contributed by atoms with Crippen LogP contribution >= 0.6 is 0 Å². The molecule has 0 unspecified atom stereocenters. The molecule has 2 aliphatic rings. The van der Waals surface area contributed by atoms with Gasteiger partial charge in [0.15, 0.2) is 5.54 Å². The van der Waals surface area contributed by atoms with E-state index in [2.05, 4.69) is 0 Å². The van der Waals surface area contributed by atoms with Gasteiger partial charge in [-0.1, -0.05) is 121 Å². The Balaban J connectivity index is 1.34. The molecule has 2 atom stereocenters. The van der Waals surface area contributed by atoms with Crippen LogP contribution in [0.3, 0.4) is 0 Å². The Kier molecular flexibility index (Phi) is 6.68. The Labute approximate surface area is 233 Å². The molecule has 0 aliphatic carbocycles. The van der Waals surface area contributed by atoms with Crippen molar-refractivity contribution in [2.45, 2.75) is 29.8 Å². The number of rotatable bonds is 7. The van der Waals surface area contributed by atoms with Gasteiger partial charge in [-0.2, -0.15) is 0 Å². The van der Waals surface area contributed by atoms with E-state index in [0.29, 0.717) is 0 Å². The lowest BCUT2D eigenvalue weighted by Gasteiger charge is -2.42. The highest BCUT2D eigenvalue weighted by Crippen LogP contribution is 2.44. The summed E-state index contributed by atoms with van der Waals surface area (Å²) in [5.41, 5.74) is 1.85. The van der Waals surface area contributed by atoms with E-state index < -0.39 is 23.3 Å². The summed E-state index contributed by atoms with van der Waals surface area (Å²) in [6.07, 6.45) is 0.215. The number of benzene rings is 4. The third kappa shape index (κ3) is 4.35. The Morgan fingerprint density at radius 3 is 1.38 bits per heavy atom. The number of hydrogen-bond acceptors (Lipinski definition) is 3. The minimum absolute atomic E-state index is 0.0377. The smallest absolute Gasteiger partial charge is 0.331 e. The fourth-order valence-electron chi connectivity index (χ4n) is 6.41. The molecule has 0 aromatic heterocycles. The van der Waals surface area contributed by atoms with Crippen molar-refractivity contribution in [3.05, 3.63) is 144 Å². The second-order valence-electron chi connectivity index (χ2n) is 10.6. The number of hydrogen-bond donors (Lipinski definition) is 1. The van der Waals surface area contributed by atoms with Gasteiger partial charge in [-0.25, -0.2) is 4.79 Å². The first-order chi connectivity index (χ1) is 19.5. The number of aliphatic carboxylic acids is 1. The monoisotopic (exact) mass is 530 g/mol. The minimum Gasteiger partial charge on any atom is -0.479 e. The maximum atomic E-state index is 14.3. The lowest BCUT2D eigenvalue weighted by Crippen LogP contribution is -2.62. The van der Waals surface area contributed by atoms with E-state index in [0.717, 1.165) is 22.3 Å². The molecule has 2 saturated heterocycles. The van der Waals surface area contributed by atoms with Crippen molar-refractivity contribution in [1.29, 1.82) is 0 Å². The number of carbonyl (C=O) groups excluding carboxylic acids is 2. The minimum atomic E-state index is -1.48. The maximum absolute atomic E-state index is 14.3. The van der Waals surface area contributed by atoms with Gasteiger partial charge in [-0.05, 0) is 22.3 Å². The van der Waals surface area contributed by atoms with Crippen LogP contribution in [0.2, 0.25) is 0 Å². The Hall–Kier alpha value is -4.71. The Bertz CT molecular complexity index is 1430. The van der Waals surface area contributed by atoms with Crippen molar-refractivity contribution in [3.8, 4) is 0 Å². The van der Waals surface area contributed by atoms with Crippen LogP contribution in [0.15, 0.2) is 121 Å². The summed E-state index contributed by atoms with van der Waals surface area (Å²) < 4.78 is 0. The summed E-state index contributed by atoms with van der Waals surface area (Å²) in [7, 11) is 0. The van der Waals surface area contributed by atoms with E-state index >= 15 is 0 Å². The summed E-state index contributed by atoms with van der Waals surface area (Å²) in [5, 5.41) is 10.6. The predicted octanol–water partition coefficient (Wildman–Crippen LogP) is 4.92. The average Bonchev–Trinajstić information content (AvgIpc) is 3.58. The molecule has 0 saturated carbocycles. The van der Waals surface area contributed by atoms with Crippen LogP contribution < -0.4 is 0 Å². The van der Waals surface area contributed by atoms with Crippen LogP contribution in [0.4, 0.5) is 0 Å². The molecule has 4 aromatic rings. The van der Waals surface area contributed by atoms with Crippen LogP contribution in [0.1, 0.15) is 40.5 Å².